The number of carboxylic acids is 1. The number of aliphatic carboxylic acids is 1. The van der Waals surface area contributed by atoms with Crippen LogP contribution in [-0.4, -0.2) is 5.97 Å². The molecular weight excluding hydrogens is 152 g/mol. The summed E-state index contributed by atoms with van der Waals surface area (Å²) in [4.78, 5) is 10.6. The van der Waals surface area contributed by atoms with E-state index in [1.807, 2.05) is 13.8 Å². The smallest absolute Gasteiger partial charge is 0.0451 e. The van der Waals surface area contributed by atoms with Gasteiger partial charge in [-0.2, -0.15) is 0 Å². The van der Waals surface area contributed by atoms with Gasteiger partial charge in [0.25, 0.3) is 0 Å². The summed E-state index contributed by atoms with van der Waals surface area (Å²) in [6.07, 6.45) is 4.34. The highest BCUT2D eigenvalue weighted by molar-refractivity contribution is 5.68. The number of rotatable bonds is 6. The topological polar surface area (TPSA) is 40.1 Å². The lowest BCUT2D eigenvalue weighted by atomic mass is 9.89. The first-order valence-electron chi connectivity index (χ1n) is 4.46. The molecule has 0 amide bonds. The van der Waals surface area contributed by atoms with Crippen LogP contribution in [0.2, 0.25) is 0 Å². The molecule has 2 atom stereocenters. The Morgan fingerprint density at radius 3 is 2.58 bits per heavy atom. The zero-order valence-electron chi connectivity index (χ0n) is 7.88. The average molecular weight is 169 g/mol. The van der Waals surface area contributed by atoms with Crippen LogP contribution in [0.4, 0.5) is 0 Å². The Labute approximate surface area is 74.3 Å². The molecule has 0 rings (SSSR count). The quantitative estimate of drug-likeness (QED) is 0.563. The summed E-state index contributed by atoms with van der Waals surface area (Å²) in [6, 6.07) is 0. The Balaban J connectivity index is 4.03. The van der Waals surface area contributed by atoms with E-state index < -0.39 is 5.97 Å². The van der Waals surface area contributed by atoms with E-state index in [4.69, 9.17) is 0 Å². The van der Waals surface area contributed by atoms with Crippen LogP contribution in [0.1, 0.15) is 33.1 Å². The highest BCUT2D eigenvalue weighted by Gasteiger charge is 2.14. The SMILES string of the molecule is C=CC(C)C(CCCC)C(=O)[O-]. The second kappa shape index (κ2) is 5.81. The molecule has 0 saturated heterocycles. The molecule has 0 aromatic heterocycles. The van der Waals surface area contributed by atoms with Crippen molar-refractivity contribution in [3.63, 3.8) is 0 Å². The fraction of sp³-hybridized carbons (Fsp3) is 0.700. The largest absolute Gasteiger partial charge is 0.550 e. The van der Waals surface area contributed by atoms with Crippen molar-refractivity contribution in [3.8, 4) is 0 Å². The van der Waals surface area contributed by atoms with Crippen LogP contribution < -0.4 is 5.11 Å². The van der Waals surface area contributed by atoms with Gasteiger partial charge >= 0.3 is 0 Å². The van der Waals surface area contributed by atoms with E-state index >= 15 is 0 Å². The lowest BCUT2D eigenvalue weighted by Crippen LogP contribution is -2.34. The summed E-state index contributed by atoms with van der Waals surface area (Å²) in [6.45, 7) is 7.49. The van der Waals surface area contributed by atoms with Gasteiger partial charge in [0.15, 0.2) is 0 Å². The molecule has 0 N–H and O–H groups in total. The Bertz CT molecular complexity index is 152. The second-order valence-electron chi connectivity index (χ2n) is 3.16. The van der Waals surface area contributed by atoms with Crippen LogP contribution in [0, 0.1) is 11.8 Å². The van der Waals surface area contributed by atoms with Crippen LogP contribution in [-0.2, 0) is 4.79 Å². The van der Waals surface area contributed by atoms with E-state index in [0.29, 0.717) is 6.42 Å². The fourth-order valence-corrected chi connectivity index (χ4v) is 1.18. The van der Waals surface area contributed by atoms with Gasteiger partial charge in [0, 0.05) is 11.9 Å². The van der Waals surface area contributed by atoms with Gasteiger partial charge in [-0.1, -0.05) is 32.8 Å². The van der Waals surface area contributed by atoms with Crippen molar-refractivity contribution >= 4 is 5.97 Å². The van der Waals surface area contributed by atoms with Crippen molar-refractivity contribution in [2.75, 3.05) is 0 Å². The van der Waals surface area contributed by atoms with Crippen molar-refractivity contribution in [2.45, 2.75) is 33.1 Å². The van der Waals surface area contributed by atoms with Gasteiger partial charge in [0.1, 0.15) is 0 Å². The molecule has 70 valence electrons. The van der Waals surface area contributed by atoms with Crippen molar-refractivity contribution in [3.05, 3.63) is 12.7 Å². The number of carbonyl (C=O) groups excluding carboxylic acids is 1. The maximum Gasteiger partial charge on any atom is 0.0451 e. The average Bonchev–Trinajstić information content (AvgIpc) is 2.04. The summed E-state index contributed by atoms with van der Waals surface area (Å²) in [5, 5.41) is 10.6. The Morgan fingerprint density at radius 2 is 2.25 bits per heavy atom. The molecule has 0 heterocycles. The van der Waals surface area contributed by atoms with E-state index in [1.54, 1.807) is 6.08 Å². The summed E-state index contributed by atoms with van der Waals surface area (Å²) in [7, 11) is 0. The van der Waals surface area contributed by atoms with Crippen molar-refractivity contribution in [1.29, 1.82) is 0 Å². The number of carbonyl (C=O) groups is 1. The van der Waals surface area contributed by atoms with E-state index in [-0.39, 0.29) is 11.8 Å². The van der Waals surface area contributed by atoms with E-state index in [9.17, 15) is 9.90 Å². The van der Waals surface area contributed by atoms with Crippen molar-refractivity contribution in [1.82, 2.24) is 0 Å². The lowest BCUT2D eigenvalue weighted by molar-refractivity contribution is -0.313. The Kier molecular flexibility index (Phi) is 5.43. The summed E-state index contributed by atoms with van der Waals surface area (Å²) in [5.74, 6) is -1.29. The van der Waals surface area contributed by atoms with Crippen LogP contribution >= 0.6 is 0 Å². The normalized spacial score (nSPS) is 15.2. The molecule has 0 aromatic rings. The van der Waals surface area contributed by atoms with Crippen molar-refractivity contribution in [2.24, 2.45) is 11.8 Å². The molecule has 0 aromatic carbocycles. The maximum atomic E-state index is 10.6. The predicted octanol–water partition coefficient (Wildman–Crippen LogP) is 1.36. The molecule has 0 spiro atoms. The number of carboxylic acid groups (broad SMARTS) is 1. The molecule has 0 fully saturated rings. The third-order valence-corrected chi connectivity index (χ3v) is 2.18. The standard InChI is InChI=1S/C10H18O2/c1-4-6-7-9(10(11)12)8(3)5-2/h5,8-9H,2,4,6-7H2,1,3H3,(H,11,12)/p-1. The second-order valence-corrected chi connectivity index (χ2v) is 3.16. The highest BCUT2D eigenvalue weighted by Crippen LogP contribution is 2.18. The van der Waals surface area contributed by atoms with Gasteiger partial charge in [0.2, 0.25) is 0 Å². The molecule has 12 heavy (non-hydrogen) atoms. The van der Waals surface area contributed by atoms with Gasteiger partial charge in [0.05, 0.1) is 0 Å². The predicted molar refractivity (Wildman–Crippen MR) is 47.4 cm³/mol. The summed E-state index contributed by atoms with van der Waals surface area (Å²) < 4.78 is 0. The lowest BCUT2D eigenvalue weighted by Gasteiger charge is -2.21. The van der Waals surface area contributed by atoms with Crippen LogP contribution in [0.25, 0.3) is 0 Å². The van der Waals surface area contributed by atoms with E-state index in [2.05, 4.69) is 6.58 Å². The minimum absolute atomic E-state index is 0.0153. The number of hydrogen-bond acceptors (Lipinski definition) is 2. The van der Waals surface area contributed by atoms with Gasteiger partial charge in [-0.3, -0.25) is 0 Å². The van der Waals surface area contributed by atoms with Gasteiger partial charge in [-0.15, -0.1) is 6.58 Å². The molecular formula is C10H17O2-. The molecule has 2 nitrogen and oxygen atoms in total. The third-order valence-electron chi connectivity index (χ3n) is 2.18. The van der Waals surface area contributed by atoms with Crippen LogP contribution in [0.5, 0.6) is 0 Å². The van der Waals surface area contributed by atoms with E-state index in [1.165, 1.54) is 0 Å². The maximum absolute atomic E-state index is 10.6. The molecule has 0 aliphatic rings. The van der Waals surface area contributed by atoms with Crippen LogP contribution in [0.3, 0.4) is 0 Å². The summed E-state index contributed by atoms with van der Waals surface area (Å²) in [5.41, 5.74) is 0. The zero-order chi connectivity index (χ0) is 9.56. The highest BCUT2D eigenvalue weighted by atomic mass is 16.4. The first-order valence-corrected chi connectivity index (χ1v) is 4.46. The molecule has 2 heteroatoms. The van der Waals surface area contributed by atoms with Gasteiger partial charge in [-0.25, -0.2) is 0 Å². The van der Waals surface area contributed by atoms with E-state index in [0.717, 1.165) is 12.8 Å². The third kappa shape index (κ3) is 3.56. The van der Waals surface area contributed by atoms with Crippen LogP contribution in [0.15, 0.2) is 12.7 Å². The molecule has 0 aliphatic carbocycles. The molecule has 2 unspecified atom stereocenters. The summed E-state index contributed by atoms with van der Waals surface area (Å²) >= 11 is 0. The first-order chi connectivity index (χ1) is 5.63. The number of unbranched alkanes of at least 4 members (excludes halogenated alkanes) is 1. The molecule has 0 radical (unpaired) electrons. The molecule has 0 aliphatic heterocycles. The number of allylic oxidation sites excluding steroid dienone is 1. The van der Waals surface area contributed by atoms with Gasteiger partial charge in [-0.05, 0) is 12.3 Å². The Hall–Kier alpha value is -0.790. The minimum atomic E-state index is -0.948. The molecule has 0 bridgehead atoms. The monoisotopic (exact) mass is 169 g/mol. The van der Waals surface area contributed by atoms with Gasteiger partial charge < -0.3 is 9.90 Å². The zero-order valence-corrected chi connectivity index (χ0v) is 7.88. The number of hydrogen-bond donors (Lipinski definition) is 0. The Morgan fingerprint density at radius 1 is 1.67 bits per heavy atom. The van der Waals surface area contributed by atoms with Crippen molar-refractivity contribution < 1.29 is 9.90 Å². The first kappa shape index (κ1) is 11.2. The molecule has 0 saturated carbocycles. The fourth-order valence-electron chi connectivity index (χ4n) is 1.18. The minimum Gasteiger partial charge on any atom is -0.550 e.